The number of nitro groups is 1. The van der Waals surface area contributed by atoms with Crippen molar-refractivity contribution in [3.05, 3.63) is 81.2 Å². The average molecular weight is 415 g/mol. The van der Waals surface area contributed by atoms with Gasteiger partial charge in [0.05, 0.1) is 11.3 Å². The van der Waals surface area contributed by atoms with Gasteiger partial charge >= 0.3 is 0 Å². The van der Waals surface area contributed by atoms with Crippen molar-refractivity contribution in [1.29, 1.82) is 0 Å². The van der Waals surface area contributed by atoms with Crippen LogP contribution in [0.25, 0.3) is 6.08 Å². The highest BCUT2D eigenvalue weighted by Gasteiger charge is 2.27. The number of nitro benzene ring substituents is 1. The molecule has 1 aliphatic rings. The third-order valence-corrected chi connectivity index (χ3v) is 6.25. The molecule has 0 aromatic heterocycles. The van der Waals surface area contributed by atoms with Crippen LogP contribution in [-0.2, 0) is 21.2 Å². The SMILES string of the molecule is O=C(Cc1ccc([N+](=O)[O-])cc1)N1CCN(S(=O)(=O)/C=C/c2ccccc2)CC1. The number of carbonyl (C=O) groups is 1. The van der Waals surface area contributed by atoms with Crippen molar-refractivity contribution < 1.29 is 18.1 Å². The lowest BCUT2D eigenvalue weighted by Crippen LogP contribution is -2.50. The number of benzene rings is 2. The number of non-ortho nitro benzene ring substituents is 1. The van der Waals surface area contributed by atoms with Gasteiger partial charge in [-0.2, -0.15) is 4.31 Å². The van der Waals surface area contributed by atoms with Gasteiger partial charge in [0, 0.05) is 43.7 Å². The number of nitrogens with zero attached hydrogens (tertiary/aromatic N) is 3. The zero-order chi connectivity index (χ0) is 20.9. The largest absolute Gasteiger partial charge is 0.340 e. The van der Waals surface area contributed by atoms with Gasteiger partial charge in [-0.3, -0.25) is 14.9 Å². The fraction of sp³-hybridized carbons (Fsp3) is 0.250. The van der Waals surface area contributed by atoms with Crippen molar-refractivity contribution >= 4 is 27.7 Å². The van der Waals surface area contributed by atoms with Gasteiger partial charge in [0.25, 0.3) is 5.69 Å². The van der Waals surface area contributed by atoms with E-state index in [1.165, 1.54) is 21.8 Å². The standard InChI is InChI=1S/C20H21N3O5S/c24-20(16-18-6-8-19(9-7-18)23(25)26)21-11-13-22(14-12-21)29(27,28)15-10-17-4-2-1-3-5-17/h1-10,15H,11-14,16H2/b15-10+. The summed E-state index contributed by atoms with van der Waals surface area (Å²) in [7, 11) is -3.55. The third-order valence-electron chi connectivity index (χ3n) is 4.69. The van der Waals surface area contributed by atoms with E-state index in [0.717, 1.165) is 5.56 Å². The van der Waals surface area contributed by atoms with Crippen LogP contribution in [0.1, 0.15) is 11.1 Å². The molecule has 9 heteroatoms. The second-order valence-corrected chi connectivity index (χ2v) is 8.46. The second kappa shape index (κ2) is 8.97. The van der Waals surface area contributed by atoms with Gasteiger partial charge in [-0.05, 0) is 17.2 Å². The molecule has 1 fully saturated rings. The molecular weight excluding hydrogens is 394 g/mol. The van der Waals surface area contributed by atoms with Gasteiger partial charge in [0.1, 0.15) is 0 Å². The molecule has 0 N–H and O–H groups in total. The van der Waals surface area contributed by atoms with E-state index in [1.807, 2.05) is 30.3 Å². The Morgan fingerprint density at radius 2 is 1.62 bits per heavy atom. The lowest BCUT2D eigenvalue weighted by atomic mass is 10.1. The number of piperazine rings is 1. The van der Waals surface area contributed by atoms with Gasteiger partial charge in [0.15, 0.2) is 0 Å². The minimum Gasteiger partial charge on any atom is -0.340 e. The molecule has 2 aromatic carbocycles. The highest BCUT2D eigenvalue weighted by molar-refractivity contribution is 7.92. The van der Waals surface area contributed by atoms with Crippen LogP contribution in [0, 0.1) is 10.1 Å². The number of hydrogen-bond donors (Lipinski definition) is 0. The second-order valence-electron chi connectivity index (χ2n) is 6.64. The van der Waals surface area contributed by atoms with Crippen LogP contribution in [0.3, 0.4) is 0 Å². The fourth-order valence-electron chi connectivity index (χ4n) is 3.03. The molecule has 3 rings (SSSR count). The van der Waals surface area contributed by atoms with E-state index >= 15 is 0 Å². The van der Waals surface area contributed by atoms with Crippen LogP contribution in [0.15, 0.2) is 60.0 Å². The summed E-state index contributed by atoms with van der Waals surface area (Å²) in [5, 5.41) is 11.9. The van der Waals surface area contributed by atoms with Crippen molar-refractivity contribution in [3.8, 4) is 0 Å². The topological polar surface area (TPSA) is 101 Å². The Morgan fingerprint density at radius 1 is 1.00 bits per heavy atom. The first kappa shape index (κ1) is 20.7. The van der Waals surface area contributed by atoms with Crippen molar-refractivity contribution in [2.24, 2.45) is 0 Å². The van der Waals surface area contributed by atoms with Crippen LogP contribution in [-0.4, -0.2) is 54.6 Å². The lowest BCUT2D eigenvalue weighted by molar-refractivity contribution is -0.384. The molecule has 1 heterocycles. The molecule has 2 aromatic rings. The maximum absolute atomic E-state index is 12.5. The summed E-state index contributed by atoms with van der Waals surface area (Å²) in [5.74, 6) is -0.129. The van der Waals surface area contributed by atoms with E-state index in [-0.39, 0.29) is 31.1 Å². The zero-order valence-corrected chi connectivity index (χ0v) is 16.5. The van der Waals surface area contributed by atoms with Crippen LogP contribution in [0.4, 0.5) is 5.69 Å². The Bertz CT molecular complexity index is 996. The van der Waals surface area contributed by atoms with Gasteiger partial charge in [-0.15, -0.1) is 0 Å². The summed E-state index contributed by atoms with van der Waals surface area (Å²) >= 11 is 0. The molecule has 1 saturated heterocycles. The van der Waals surface area contributed by atoms with Gasteiger partial charge in [-0.1, -0.05) is 42.5 Å². The van der Waals surface area contributed by atoms with Crippen LogP contribution in [0.2, 0.25) is 0 Å². The number of rotatable bonds is 6. The molecule has 0 radical (unpaired) electrons. The number of hydrogen-bond acceptors (Lipinski definition) is 5. The quantitative estimate of drug-likeness (QED) is 0.532. The first-order chi connectivity index (χ1) is 13.8. The fourth-order valence-corrected chi connectivity index (χ4v) is 4.20. The maximum atomic E-state index is 12.5. The molecule has 0 saturated carbocycles. The van der Waals surface area contributed by atoms with Gasteiger partial charge < -0.3 is 4.90 Å². The van der Waals surface area contributed by atoms with E-state index in [1.54, 1.807) is 23.1 Å². The molecule has 8 nitrogen and oxygen atoms in total. The van der Waals surface area contributed by atoms with E-state index in [2.05, 4.69) is 0 Å². The monoisotopic (exact) mass is 415 g/mol. The summed E-state index contributed by atoms with van der Waals surface area (Å²) in [6, 6.07) is 15.0. The Balaban J connectivity index is 1.54. The highest BCUT2D eigenvalue weighted by atomic mass is 32.2. The summed E-state index contributed by atoms with van der Waals surface area (Å²) in [5.41, 5.74) is 1.46. The summed E-state index contributed by atoms with van der Waals surface area (Å²) < 4.78 is 26.4. The van der Waals surface area contributed by atoms with Crippen LogP contribution in [0.5, 0.6) is 0 Å². The molecule has 0 bridgehead atoms. The maximum Gasteiger partial charge on any atom is 0.269 e. The van der Waals surface area contributed by atoms with E-state index in [4.69, 9.17) is 0 Å². The first-order valence-electron chi connectivity index (χ1n) is 9.09. The molecule has 0 atom stereocenters. The molecule has 152 valence electrons. The minimum atomic E-state index is -3.55. The lowest BCUT2D eigenvalue weighted by Gasteiger charge is -2.33. The van der Waals surface area contributed by atoms with E-state index < -0.39 is 14.9 Å². The Morgan fingerprint density at radius 3 is 2.21 bits per heavy atom. The predicted molar refractivity (Wildman–Crippen MR) is 109 cm³/mol. The van der Waals surface area contributed by atoms with Crippen molar-refractivity contribution in [2.75, 3.05) is 26.2 Å². The summed E-state index contributed by atoms with van der Waals surface area (Å²) in [6.45, 7) is 1.08. The van der Waals surface area contributed by atoms with Gasteiger partial charge in [-0.25, -0.2) is 8.42 Å². The molecule has 0 spiro atoms. The first-order valence-corrected chi connectivity index (χ1v) is 10.6. The van der Waals surface area contributed by atoms with E-state index in [0.29, 0.717) is 18.7 Å². The van der Waals surface area contributed by atoms with Gasteiger partial charge in [0.2, 0.25) is 15.9 Å². The Hall–Kier alpha value is -3.04. The van der Waals surface area contributed by atoms with Crippen molar-refractivity contribution in [1.82, 2.24) is 9.21 Å². The van der Waals surface area contributed by atoms with E-state index in [9.17, 15) is 23.3 Å². The molecule has 29 heavy (non-hydrogen) atoms. The minimum absolute atomic E-state index is 0.0245. The molecule has 0 aliphatic carbocycles. The van der Waals surface area contributed by atoms with Crippen molar-refractivity contribution in [3.63, 3.8) is 0 Å². The van der Waals surface area contributed by atoms with Crippen LogP contribution >= 0.6 is 0 Å². The number of carbonyl (C=O) groups excluding carboxylic acids is 1. The highest BCUT2D eigenvalue weighted by Crippen LogP contribution is 2.15. The normalized spacial score (nSPS) is 15.5. The third kappa shape index (κ3) is 5.49. The number of amides is 1. The van der Waals surface area contributed by atoms with Crippen molar-refractivity contribution in [2.45, 2.75) is 6.42 Å². The molecule has 0 unspecified atom stereocenters. The van der Waals surface area contributed by atoms with Crippen LogP contribution < -0.4 is 0 Å². The summed E-state index contributed by atoms with van der Waals surface area (Å²) in [4.78, 5) is 24.3. The average Bonchev–Trinajstić information content (AvgIpc) is 2.73. The zero-order valence-electron chi connectivity index (χ0n) is 15.7. The summed E-state index contributed by atoms with van der Waals surface area (Å²) in [6.07, 6.45) is 1.68. The molecular formula is C20H21N3O5S. The predicted octanol–water partition coefficient (Wildman–Crippen LogP) is 2.28. The Kier molecular flexibility index (Phi) is 6.40. The number of sulfonamides is 1. The molecule has 1 amide bonds. The smallest absolute Gasteiger partial charge is 0.269 e. The molecule has 1 aliphatic heterocycles. The Labute approximate surface area is 169 Å².